The predicted molar refractivity (Wildman–Crippen MR) is 64.8 cm³/mol. The summed E-state index contributed by atoms with van der Waals surface area (Å²) in [7, 11) is 0. The molecule has 1 aromatic carbocycles. The minimum Gasteiger partial charge on any atom is -0.383 e. The van der Waals surface area contributed by atoms with E-state index in [0.717, 1.165) is 22.3 Å². The summed E-state index contributed by atoms with van der Waals surface area (Å²) in [6.45, 7) is 7.43. The topological polar surface area (TPSA) is 38.4 Å². The second-order valence-electron chi connectivity index (χ2n) is 3.32. The normalized spacial score (nSPS) is 10.9. The monoisotopic (exact) mass is 198 g/mol. The van der Waals surface area contributed by atoms with E-state index in [1.807, 2.05) is 26.0 Å². The van der Waals surface area contributed by atoms with E-state index in [1.165, 1.54) is 6.20 Å². The highest BCUT2D eigenvalue weighted by molar-refractivity contribution is 5.99. The summed E-state index contributed by atoms with van der Waals surface area (Å²) >= 11 is 0. The van der Waals surface area contributed by atoms with Gasteiger partial charge in [-0.05, 0) is 37.1 Å². The average Bonchev–Trinajstić information content (AvgIpc) is 2.21. The quantitative estimate of drug-likeness (QED) is 0.441. The highest BCUT2D eigenvalue weighted by Crippen LogP contribution is 2.15. The maximum atomic E-state index is 5.79. The Balaban J connectivity index is 3.35. The van der Waals surface area contributed by atoms with Gasteiger partial charge in [0.1, 0.15) is 5.84 Å². The zero-order valence-corrected chi connectivity index (χ0v) is 9.04. The zero-order valence-electron chi connectivity index (χ0n) is 9.04. The number of terminal acetylenes is 1. The first kappa shape index (κ1) is 11.1. The van der Waals surface area contributed by atoms with Gasteiger partial charge in [0, 0.05) is 17.3 Å². The first-order valence-electron chi connectivity index (χ1n) is 4.62. The minimum atomic E-state index is 0.467. The standard InChI is InChI=1S/C13H14N2/c1-5-11-7-10(4)12(8-9(11)3)13(14)15-6-2/h1,6-8H,2H2,3-4H3,(H2,14,15). The van der Waals surface area contributed by atoms with Crippen LogP contribution in [0.25, 0.3) is 0 Å². The molecule has 2 N–H and O–H groups in total. The summed E-state index contributed by atoms with van der Waals surface area (Å²) in [4.78, 5) is 3.96. The molecule has 0 fully saturated rings. The lowest BCUT2D eigenvalue weighted by Crippen LogP contribution is -2.14. The third-order valence-electron chi connectivity index (χ3n) is 2.23. The SMILES string of the molecule is C#Cc1cc(C)c(/C(N)=N\C=C)cc1C. The molecular formula is C13H14N2. The van der Waals surface area contributed by atoms with Crippen molar-refractivity contribution < 1.29 is 0 Å². The number of nitrogens with zero attached hydrogens (tertiary/aromatic N) is 1. The molecule has 0 aromatic heterocycles. The lowest BCUT2D eigenvalue weighted by molar-refractivity contribution is 1.33. The number of rotatable bonds is 2. The number of amidine groups is 1. The van der Waals surface area contributed by atoms with Gasteiger partial charge in [-0.25, -0.2) is 4.99 Å². The maximum absolute atomic E-state index is 5.79. The Kier molecular flexibility index (Phi) is 3.30. The predicted octanol–water partition coefficient (Wildman–Crippen LogP) is 2.13. The van der Waals surface area contributed by atoms with Gasteiger partial charge in [-0.15, -0.1) is 6.42 Å². The Bertz CT molecular complexity index is 462. The van der Waals surface area contributed by atoms with Crippen LogP contribution in [-0.4, -0.2) is 5.84 Å². The van der Waals surface area contributed by atoms with Crippen molar-refractivity contribution in [3.8, 4) is 12.3 Å². The Hall–Kier alpha value is -2.01. The van der Waals surface area contributed by atoms with Gasteiger partial charge in [0.05, 0.1) is 0 Å². The van der Waals surface area contributed by atoms with E-state index < -0.39 is 0 Å². The average molecular weight is 198 g/mol. The van der Waals surface area contributed by atoms with Crippen molar-refractivity contribution in [2.24, 2.45) is 10.7 Å². The molecule has 0 aliphatic carbocycles. The van der Waals surface area contributed by atoms with Crippen molar-refractivity contribution in [1.29, 1.82) is 0 Å². The minimum absolute atomic E-state index is 0.467. The number of nitrogens with two attached hydrogens (primary N) is 1. The van der Waals surface area contributed by atoms with Crippen LogP contribution in [0.2, 0.25) is 0 Å². The molecule has 0 radical (unpaired) electrons. The van der Waals surface area contributed by atoms with Crippen molar-refractivity contribution in [1.82, 2.24) is 0 Å². The molecule has 0 unspecified atom stereocenters. The van der Waals surface area contributed by atoms with Gasteiger partial charge >= 0.3 is 0 Å². The molecule has 1 aromatic rings. The largest absolute Gasteiger partial charge is 0.383 e. The smallest absolute Gasteiger partial charge is 0.130 e. The molecular weight excluding hydrogens is 184 g/mol. The Morgan fingerprint density at radius 2 is 2.13 bits per heavy atom. The molecule has 0 aliphatic heterocycles. The van der Waals surface area contributed by atoms with E-state index in [2.05, 4.69) is 17.5 Å². The summed E-state index contributed by atoms with van der Waals surface area (Å²) in [5.74, 6) is 3.10. The molecule has 0 saturated carbocycles. The van der Waals surface area contributed by atoms with E-state index >= 15 is 0 Å². The first-order valence-corrected chi connectivity index (χ1v) is 4.62. The van der Waals surface area contributed by atoms with E-state index in [9.17, 15) is 0 Å². The summed E-state index contributed by atoms with van der Waals surface area (Å²) in [6.07, 6.45) is 6.81. The third-order valence-corrected chi connectivity index (χ3v) is 2.23. The Morgan fingerprint density at radius 3 is 2.67 bits per heavy atom. The molecule has 1 rings (SSSR count). The number of aliphatic imine (C=N–C) groups is 1. The Labute approximate surface area is 90.5 Å². The van der Waals surface area contributed by atoms with Crippen molar-refractivity contribution in [2.75, 3.05) is 0 Å². The lowest BCUT2D eigenvalue weighted by atomic mass is 10.00. The van der Waals surface area contributed by atoms with Gasteiger partial charge in [-0.3, -0.25) is 0 Å². The van der Waals surface area contributed by atoms with Gasteiger partial charge in [-0.2, -0.15) is 0 Å². The molecule has 0 spiro atoms. The van der Waals surface area contributed by atoms with Gasteiger partial charge in [-0.1, -0.05) is 12.5 Å². The number of aryl methyl sites for hydroxylation is 2. The van der Waals surface area contributed by atoms with Gasteiger partial charge in [0.25, 0.3) is 0 Å². The van der Waals surface area contributed by atoms with Gasteiger partial charge < -0.3 is 5.73 Å². The number of benzene rings is 1. The molecule has 2 heteroatoms. The van der Waals surface area contributed by atoms with E-state index in [0.29, 0.717) is 5.84 Å². The summed E-state index contributed by atoms with van der Waals surface area (Å²) in [6, 6.07) is 3.89. The molecule has 0 saturated heterocycles. The fraction of sp³-hybridized carbons (Fsp3) is 0.154. The molecule has 2 nitrogen and oxygen atoms in total. The molecule has 0 atom stereocenters. The second kappa shape index (κ2) is 4.47. The molecule has 15 heavy (non-hydrogen) atoms. The van der Waals surface area contributed by atoms with Crippen LogP contribution >= 0.6 is 0 Å². The molecule has 0 bridgehead atoms. The van der Waals surface area contributed by atoms with E-state index in [-0.39, 0.29) is 0 Å². The maximum Gasteiger partial charge on any atom is 0.130 e. The van der Waals surface area contributed by atoms with Crippen LogP contribution in [-0.2, 0) is 0 Å². The lowest BCUT2D eigenvalue weighted by Gasteiger charge is -2.08. The molecule has 76 valence electrons. The van der Waals surface area contributed by atoms with Crippen LogP contribution in [0, 0.1) is 26.2 Å². The van der Waals surface area contributed by atoms with Gasteiger partial charge in [0.15, 0.2) is 0 Å². The molecule has 0 heterocycles. The van der Waals surface area contributed by atoms with Crippen LogP contribution in [0.5, 0.6) is 0 Å². The highest BCUT2D eigenvalue weighted by atomic mass is 14.8. The van der Waals surface area contributed by atoms with Crippen LogP contribution in [0.3, 0.4) is 0 Å². The van der Waals surface area contributed by atoms with E-state index in [4.69, 9.17) is 12.2 Å². The summed E-state index contributed by atoms with van der Waals surface area (Å²) in [5.41, 5.74) is 9.65. The second-order valence-corrected chi connectivity index (χ2v) is 3.32. The van der Waals surface area contributed by atoms with Crippen molar-refractivity contribution in [3.05, 3.63) is 47.2 Å². The number of hydrogen-bond donors (Lipinski definition) is 1. The third kappa shape index (κ3) is 2.26. The summed E-state index contributed by atoms with van der Waals surface area (Å²) in [5, 5.41) is 0. The Morgan fingerprint density at radius 1 is 1.47 bits per heavy atom. The van der Waals surface area contributed by atoms with Crippen molar-refractivity contribution in [3.63, 3.8) is 0 Å². The van der Waals surface area contributed by atoms with Crippen LogP contribution < -0.4 is 5.73 Å². The zero-order chi connectivity index (χ0) is 11.4. The fourth-order valence-electron chi connectivity index (χ4n) is 1.42. The fourth-order valence-corrected chi connectivity index (χ4v) is 1.42. The first-order chi connectivity index (χ1) is 7.10. The number of hydrogen-bond acceptors (Lipinski definition) is 1. The van der Waals surface area contributed by atoms with Crippen molar-refractivity contribution in [2.45, 2.75) is 13.8 Å². The van der Waals surface area contributed by atoms with Crippen LogP contribution in [0.1, 0.15) is 22.3 Å². The van der Waals surface area contributed by atoms with Crippen molar-refractivity contribution >= 4 is 5.84 Å². The molecule has 0 amide bonds. The van der Waals surface area contributed by atoms with Crippen LogP contribution in [0.15, 0.2) is 29.9 Å². The van der Waals surface area contributed by atoms with E-state index in [1.54, 1.807) is 0 Å². The highest BCUT2D eigenvalue weighted by Gasteiger charge is 2.05. The van der Waals surface area contributed by atoms with Crippen LogP contribution in [0.4, 0.5) is 0 Å². The summed E-state index contributed by atoms with van der Waals surface area (Å²) < 4.78 is 0. The molecule has 0 aliphatic rings. The van der Waals surface area contributed by atoms with Gasteiger partial charge in [0.2, 0.25) is 0 Å².